The molecule has 2 rings (SSSR count). The van der Waals surface area contributed by atoms with Crippen LogP contribution in [0.4, 0.5) is 4.79 Å². The molecular formula is C18H26N2O4. The number of amides is 1. The van der Waals surface area contributed by atoms with Crippen LogP contribution in [-0.4, -0.2) is 60.2 Å². The van der Waals surface area contributed by atoms with Crippen LogP contribution in [-0.2, 0) is 20.8 Å². The van der Waals surface area contributed by atoms with Crippen molar-refractivity contribution >= 4 is 12.1 Å². The minimum Gasteiger partial charge on any atom is -0.468 e. The average Bonchev–Trinajstić information content (AvgIpc) is 2.54. The van der Waals surface area contributed by atoms with Gasteiger partial charge in [0.25, 0.3) is 0 Å². The predicted molar refractivity (Wildman–Crippen MR) is 90.5 cm³/mol. The van der Waals surface area contributed by atoms with Gasteiger partial charge in [-0.2, -0.15) is 0 Å². The molecule has 0 saturated carbocycles. The van der Waals surface area contributed by atoms with Crippen molar-refractivity contribution < 1.29 is 19.1 Å². The van der Waals surface area contributed by atoms with Gasteiger partial charge in [0, 0.05) is 19.6 Å². The molecule has 24 heavy (non-hydrogen) atoms. The first-order valence-corrected chi connectivity index (χ1v) is 8.14. The van der Waals surface area contributed by atoms with Crippen LogP contribution >= 0.6 is 0 Å². The van der Waals surface area contributed by atoms with Crippen molar-refractivity contribution in [3.8, 4) is 0 Å². The fourth-order valence-corrected chi connectivity index (χ4v) is 2.68. The summed E-state index contributed by atoms with van der Waals surface area (Å²) in [5.74, 6) is -0.334. The zero-order valence-electron chi connectivity index (χ0n) is 14.8. The van der Waals surface area contributed by atoms with Crippen molar-refractivity contribution in [3.63, 3.8) is 0 Å². The van der Waals surface area contributed by atoms with E-state index in [2.05, 4.69) is 0 Å². The van der Waals surface area contributed by atoms with E-state index in [4.69, 9.17) is 9.47 Å². The molecule has 1 aliphatic heterocycles. The van der Waals surface area contributed by atoms with E-state index in [1.807, 2.05) is 56.0 Å². The van der Waals surface area contributed by atoms with Crippen molar-refractivity contribution in [1.29, 1.82) is 0 Å². The van der Waals surface area contributed by atoms with Crippen LogP contribution in [0.15, 0.2) is 30.3 Å². The third kappa shape index (κ3) is 4.96. The van der Waals surface area contributed by atoms with E-state index in [0.29, 0.717) is 19.6 Å². The third-order valence-electron chi connectivity index (χ3n) is 3.84. The molecule has 1 aliphatic rings. The zero-order valence-corrected chi connectivity index (χ0v) is 14.8. The summed E-state index contributed by atoms with van der Waals surface area (Å²) in [6.07, 6.45) is -0.393. The minimum atomic E-state index is -0.557. The van der Waals surface area contributed by atoms with Gasteiger partial charge in [-0.05, 0) is 26.3 Å². The van der Waals surface area contributed by atoms with Crippen LogP contribution in [0.2, 0.25) is 0 Å². The summed E-state index contributed by atoms with van der Waals surface area (Å²) in [5.41, 5.74) is 0.566. The molecule has 132 valence electrons. The number of methoxy groups -OCH3 is 1. The number of ether oxygens (including phenoxy) is 2. The lowest BCUT2D eigenvalue weighted by molar-refractivity contribution is -0.149. The second kappa shape index (κ2) is 7.66. The summed E-state index contributed by atoms with van der Waals surface area (Å²) >= 11 is 0. The topological polar surface area (TPSA) is 59.1 Å². The van der Waals surface area contributed by atoms with Gasteiger partial charge in [-0.15, -0.1) is 0 Å². The van der Waals surface area contributed by atoms with Gasteiger partial charge in [0.2, 0.25) is 0 Å². The molecule has 0 aromatic heterocycles. The molecule has 1 aromatic carbocycles. The SMILES string of the molecule is COC(=O)C1CN(C(=O)OC(C)(C)C)CCN1Cc1ccccc1. The van der Waals surface area contributed by atoms with Gasteiger partial charge in [0.1, 0.15) is 11.6 Å². The molecule has 1 saturated heterocycles. The van der Waals surface area contributed by atoms with Crippen LogP contribution < -0.4 is 0 Å². The molecule has 0 radical (unpaired) electrons. The Morgan fingerprint density at radius 1 is 1.17 bits per heavy atom. The summed E-state index contributed by atoms with van der Waals surface area (Å²) in [5, 5.41) is 0. The fourth-order valence-electron chi connectivity index (χ4n) is 2.68. The Balaban J connectivity index is 2.07. The molecule has 1 heterocycles. The number of rotatable bonds is 3. The molecule has 1 amide bonds. The number of nitrogens with zero attached hydrogens (tertiary/aromatic N) is 2. The summed E-state index contributed by atoms with van der Waals surface area (Å²) in [7, 11) is 1.37. The van der Waals surface area contributed by atoms with Crippen LogP contribution in [0.1, 0.15) is 26.3 Å². The maximum atomic E-state index is 12.3. The number of carbonyl (C=O) groups is 2. The van der Waals surface area contributed by atoms with Crippen molar-refractivity contribution in [2.45, 2.75) is 39.0 Å². The van der Waals surface area contributed by atoms with E-state index in [1.165, 1.54) is 7.11 Å². The highest BCUT2D eigenvalue weighted by atomic mass is 16.6. The highest BCUT2D eigenvalue weighted by Crippen LogP contribution is 2.18. The first-order valence-electron chi connectivity index (χ1n) is 8.14. The molecule has 0 bridgehead atoms. The standard InChI is InChI=1S/C18H26N2O4/c1-18(2,3)24-17(22)20-11-10-19(15(13-20)16(21)23-4)12-14-8-6-5-7-9-14/h5-9,15H,10-13H2,1-4H3. The quantitative estimate of drug-likeness (QED) is 0.794. The summed E-state index contributed by atoms with van der Waals surface area (Å²) in [6, 6.07) is 9.46. The zero-order chi connectivity index (χ0) is 17.7. The third-order valence-corrected chi connectivity index (χ3v) is 3.84. The predicted octanol–water partition coefficient (Wildman–Crippen LogP) is 2.28. The van der Waals surface area contributed by atoms with Gasteiger partial charge in [-0.1, -0.05) is 30.3 Å². The number of benzene rings is 1. The molecular weight excluding hydrogens is 308 g/mol. The largest absolute Gasteiger partial charge is 0.468 e. The number of piperazine rings is 1. The van der Waals surface area contributed by atoms with E-state index in [1.54, 1.807) is 4.90 Å². The molecule has 1 fully saturated rings. The second-order valence-corrected chi connectivity index (χ2v) is 6.92. The van der Waals surface area contributed by atoms with E-state index in [0.717, 1.165) is 5.56 Å². The Bertz CT molecular complexity index is 568. The summed E-state index contributed by atoms with van der Waals surface area (Å²) < 4.78 is 10.3. The molecule has 1 unspecified atom stereocenters. The van der Waals surface area contributed by atoms with Gasteiger partial charge in [-0.25, -0.2) is 4.79 Å². The Morgan fingerprint density at radius 3 is 2.42 bits per heavy atom. The molecule has 0 aliphatic carbocycles. The van der Waals surface area contributed by atoms with Gasteiger partial charge in [0.05, 0.1) is 13.7 Å². The molecule has 0 spiro atoms. The Labute approximate surface area is 143 Å². The summed E-state index contributed by atoms with van der Waals surface area (Å²) in [6.45, 7) is 7.51. The number of hydrogen-bond donors (Lipinski definition) is 0. The van der Waals surface area contributed by atoms with Crippen molar-refractivity contribution in [3.05, 3.63) is 35.9 Å². The van der Waals surface area contributed by atoms with Gasteiger partial charge in [0.15, 0.2) is 0 Å². The van der Waals surface area contributed by atoms with Crippen molar-refractivity contribution in [2.75, 3.05) is 26.7 Å². The second-order valence-electron chi connectivity index (χ2n) is 6.92. The van der Waals surface area contributed by atoms with Crippen LogP contribution in [0.25, 0.3) is 0 Å². The molecule has 1 atom stereocenters. The lowest BCUT2D eigenvalue weighted by atomic mass is 10.1. The van der Waals surface area contributed by atoms with Crippen LogP contribution in [0.5, 0.6) is 0 Å². The highest BCUT2D eigenvalue weighted by molar-refractivity contribution is 5.77. The number of hydrogen-bond acceptors (Lipinski definition) is 5. The summed E-state index contributed by atoms with van der Waals surface area (Å²) in [4.78, 5) is 28.1. The van der Waals surface area contributed by atoms with Crippen molar-refractivity contribution in [1.82, 2.24) is 9.80 Å². The maximum absolute atomic E-state index is 12.3. The van der Waals surface area contributed by atoms with E-state index in [9.17, 15) is 9.59 Å². The Kier molecular flexibility index (Phi) is 5.83. The lowest BCUT2D eigenvalue weighted by Gasteiger charge is -2.40. The van der Waals surface area contributed by atoms with Crippen LogP contribution in [0.3, 0.4) is 0 Å². The highest BCUT2D eigenvalue weighted by Gasteiger charge is 2.36. The van der Waals surface area contributed by atoms with Gasteiger partial charge in [-0.3, -0.25) is 9.69 Å². The van der Waals surface area contributed by atoms with E-state index < -0.39 is 17.7 Å². The molecule has 6 nitrogen and oxygen atoms in total. The first kappa shape index (κ1) is 18.3. The molecule has 0 N–H and O–H groups in total. The van der Waals surface area contributed by atoms with E-state index in [-0.39, 0.29) is 12.5 Å². The molecule has 1 aromatic rings. The van der Waals surface area contributed by atoms with E-state index >= 15 is 0 Å². The minimum absolute atomic E-state index is 0.272. The van der Waals surface area contributed by atoms with Crippen LogP contribution in [0, 0.1) is 0 Å². The maximum Gasteiger partial charge on any atom is 0.410 e. The lowest BCUT2D eigenvalue weighted by Crippen LogP contribution is -2.58. The monoisotopic (exact) mass is 334 g/mol. The number of carbonyl (C=O) groups excluding carboxylic acids is 2. The average molecular weight is 334 g/mol. The Hall–Kier alpha value is -2.08. The Morgan fingerprint density at radius 2 is 1.83 bits per heavy atom. The van der Waals surface area contributed by atoms with Gasteiger partial charge >= 0.3 is 12.1 Å². The van der Waals surface area contributed by atoms with Crippen molar-refractivity contribution in [2.24, 2.45) is 0 Å². The fraction of sp³-hybridized carbons (Fsp3) is 0.556. The normalized spacial score (nSPS) is 19.0. The smallest absolute Gasteiger partial charge is 0.410 e. The van der Waals surface area contributed by atoms with Gasteiger partial charge < -0.3 is 14.4 Å². The first-order chi connectivity index (χ1) is 11.3. The molecule has 6 heteroatoms. The number of esters is 1.